The number of carbonyl (C=O) groups is 1. The highest BCUT2D eigenvalue weighted by atomic mass is 31.2. The van der Waals surface area contributed by atoms with Crippen molar-refractivity contribution in [2.75, 3.05) is 40.9 Å². The number of phosphoric ester groups is 1. The Labute approximate surface area is 380 Å². The second-order valence-electron chi connectivity index (χ2n) is 20.0. The van der Waals surface area contributed by atoms with Crippen molar-refractivity contribution in [1.29, 1.82) is 0 Å². The van der Waals surface area contributed by atoms with Crippen LogP contribution in [0.2, 0.25) is 0 Å². The van der Waals surface area contributed by atoms with E-state index in [0.29, 0.717) is 23.9 Å². The van der Waals surface area contributed by atoms with Crippen molar-refractivity contribution in [3.8, 4) is 0 Å². The lowest BCUT2D eigenvalue weighted by Crippen LogP contribution is -2.46. The maximum Gasteiger partial charge on any atom is 0.268 e. The predicted octanol–water partition coefficient (Wildman–Crippen LogP) is 15.1. The standard InChI is InChI=1S/C52H107N2O6P/c1-6-8-10-12-14-16-18-20-22-23-24-25-26-27-28-29-30-31-32-33-35-37-39-41-43-45-51(55)50(49-60-61(57,58)59-48-47-54(3,4)5)53-52(56)46-44-42-40-38-36-34-21-19-17-15-13-11-9-7-2/h50-51,55H,6-49H2,1-5H3,(H-,53,56,57,58). The first-order valence-corrected chi connectivity index (χ1v) is 28.3. The lowest BCUT2D eigenvalue weighted by Gasteiger charge is -2.30. The molecule has 9 heteroatoms. The van der Waals surface area contributed by atoms with Crippen molar-refractivity contribution in [1.82, 2.24) is 5.32 Å². The number of aliphatic hydroxyl groups is 1. The van der Waals surface area contributed by atoms with Crippen LogP contribution in [-0.2, 0) is 18.4 Å². The van der Waals surface area contributed by atoms with Gasteiger partial charge in [-0.15, -0.1) is 0 Å². The van der Waals surface area contributed by atoms with Gasteiger partial charge in [-0.1, -0.05) is 258 Å². The smallest absolute Gasteiger partial charge is 0.268 e. The van der Waals surface area contributed by atoms with Gasteiger partial charge in [0.05, 0.1) is 39.9 Å². The summed E-state index contributed by atoms with van der Waals surface area (Å²) in [5, 5.41) is 14.0. The van der Waals surface area contributed by atoms with Crippen LogP contribution < -0.4 is 10.2 Å². The average molecular weight is 887 g/mol. The van der Waals surface area contributed by atoms with E-state index < -0.39 is 20.0 Å². The Morgan fingerprint density at radius 1 is 0.508 bits per heavy atom. The van der Waals surface area contributed by atoms with Gasteiger partial charge >= 0.3 is 0 Å². The molecule has 0 aromatic heterocycles. The van der Waals surface area contributed by atoms with Crippen LogP contribution in [0.25, 0.3) is 0 Å². The summed E-state index contributed by atoms with van der Waals surface area (Å²) < 4.78 is 23.4. The predicted molar refractivity (Wildman–Crippen MR) is 261 cm³/mol. The third-order valence-electron chi connectivity index (χ3n) is 12.6. The van der Waals surface area contributed by atoms with Gasteiger partial charge in [0.2, 0.25) is 5.91 Å². The molecule has 1 amide bonds. The minimum atomic E-state index is -4.56. The molecule has 0 aliphatic heterocycles. The van der Waals surface area contributed by atoms with Crippen LogP contribution >= 0.6 is 7.82 Å². The molecule has 366 valence electrons. The molecule has 0 saturated carbocycles. The molecule has 0 aromatic rings. The van der Waals surface area contributed by atoms with Crippen molar-refractivity contribution >= 4 is 13.7 Å². The van der Waals surface area contributed by atoms with Crippen molar-refractivity contribution < 1.29 is 32.9 Å². The van der Waals surface area contributed by atoms with E-state index in [4.69, 9.17) is 9.05 Å². The van der Waals surface area contributed by atoms with Crippen LogP contribution in [0.5, 0.6) is 0 Å². The Morgan fingerprint density at radius 2 is 0.803 bits per heavy atom. The molecular weight excluding hydrogens is 780 g/mol. The molecule has 0 radical (unpaired) electrons. The third-order valence-corrected chi connectivity index (χ3v) is 13.6. The van der Waals surface area contributed by atoms with Gasteiger partial charge in [0.25, 0.3) is 7.82 Å². The topological polar surface area (TPSA) is 108 Å². The van der Waals surface area contributed by atoms with Crippen LogP contribution in [0.15, 0.2) is 0 Å². The first kappa shape index (κ1) is 60.5. The highest BCUT2D eigenvalue weighted by Crippen LogP contribution is 2.38. The van der Waals surface area contributed by atoms with Crippen LogP contribution in [0.4, 0.5) is 0 Å². The number of likely N-dealkylation sites (N-methyl/N-ethyl adjacent to an activating group) is 1. The van der Waals surface area contributed by atoms with Gasteiger partial charge in [-0.05, 0) is 12.8 Å². The van der Waals surface area contributed by atoms with Gasteiger partial charge in [-0.25, -0.2) is 0 Å². The molecule has 8 nitrogen and oxygen atoms in total. The van der Waals surface area contributed by atoms with E-state index in [0.717, 1.165) is 38.5 Å². The fraction of sp³-hybridized carbons (Fsp3) is 0.981. The monoisotopic (exact) mass is 887 g/mol. The van der Waals surface area contributed by atoms with Gasteiger partial charge in [-0.2, -0.15) is 0 Å². The normalized spacial score (nSPS) is 14.0. The Bertz CT molecular complexity index is 963. The summed E-state index contributed by atoms with van der Waals surface area (Å²) in [6, 6.07) is -0.794. The molecule has 61 heavy (non-hydrogen) atoms. The largest absolute Gasteiger partial charge is 0.756 e. The number of unbranched alkanes of at least 4 members (excludes halogenated alkanes) is 37. The molecule has 2 N–H and O–H groups in total. The lowest BCUT2D eigenvalue weighted by atomic mass is 10.0. The summed E-state index contributed by atoms with van der Waals surface area (Å²) in [7, 11) is 1.32. The molecule has 0 heterocycles. The summed E-state index contributed by atoms with van der Waals surface area (Å²) in [5.74, 6) is -0.159. The number of quaternary nitrogens is 1. The first-order chi connectivity index (χ1) is 29.5. The second kappa shape index (κ2) is 44.7. The Morgan fingerprint density at radius 3 is 1.11 bits per heavy atom. The zero-order chi connectivity index (χ0) is 45.0. The number of phosphoric acid groups is 1. The molecule has 0 aliphatic carbocycles. The van der Waals surface area contributed by atoms with Crippen molar-refractivity contribution in [3.63, 3.8) is 0 Å². The number of amides is 1. The number of aliphatic hydroxyl groups excluding tert-OH is 1. The Balaban J connectivity index is 4.12. The molecule has 0 rings (SSSR count). The maximum atomic E-state index is 12.9. The molecule has 3 atom stereocenters. The highest BCUT2D eigenvalue weighted by Gasteiger charge is 2.24. The second-order valence-corrected chi connectivity index (χ2v) is 21.4. The molecule has 0 fully saturated rings. The average Bonchev–Trinajstić information content (AvgIpc) is 3.21. The summed E-state index contributed by atoms with van der Waals surface area (Å²) >= 11 is 0. The van der Waals surface area contributed by atoms with Crippen LogP contribution in [0, 0.1) is 0 Å². The highest BCUT2D eigenvalue weighted by molar-refractivity contribution is 7.45. The molecule has 0 aliphatic rings. The quantitative estimate of drug-likeness (QED) is 0.0358. The van der Waals surface area contributed by atoms with Gasteiger partial charge in [0.15, 0.2) is 0 Å². The fourth-order valence-electron chi connectivity index (χ4n) is 8.34. The Hall–Kier alpha value is -0.500. The zero-order valence-corrected chi connectivity index (χ0v) is 42.5. The van der Waals surface area contributed by atoms with Crippen molar-refractivity contribution in [2.45, 2.75) is 289 Å². The molecule has 3 unspecified atom stereocenters. The van der Waals surface area contributed by atoms with Crippen LogP contribution in [0.1, 0.15) is 277 Å². The summed E-state index contributed by atoms with van der Waals surface area (Å²) in [4.78, 5) is 25.4. The molecule has 0 aromatic carbocycles. The molecular formula is C52H107N2O6P. The minimum Gasteiger partial charge on any atom is -0.756 e. The van der Waals surface area contributed by atoms with E-state index in [9.17, 15) is 19.4 Å². The van der Waals surface area contributed by atoms with Crippen molar-refractivity contribution in [3.05, 3.63) is 0 Å². The first-order valence-electron chi connectivity index (χ1n) is 26.9. The third kappa shape index (κ3) is 47.3. The zero-order valence-electron chi connectivity index (χ0n) is 41.7. The lowest BCUT2D eigenvalue weighted by molar-refractivity contribution is -0.870. The molecule has 0 spiro atoms. The number of nitrogens with zero attached hydrogens (tertiary/aromatic N) is 1. The number of carbonyl (C=O) groups excluding carboxylic acids is 1. The van der Waals surface area contributed by atoms with Gasteiger partial charge in [0, 0.05) is 6.42 Å². The minimum absolute atomic E-state index is 0.0164. The van der Waals surface area contributed by atoms with Gasteiger partial charge in [-0.3, -0.25) is 9.36 Å². The summed E-state index contributed by atoms with van der Waals surface area (Å²) in [5.41, 5.74) is 0. The maximum absolute atomic E-state index is 12.9. The van der Waals surface area contributed by atoms with E-state index in [1.54, 1.807) is 0 Å². The van der Waals surface area contributed by atoms with Gasteiger partial charge in [0.1, 0.15) is 13.2 Å². The summed E-state index contributed by atoms with van der Waals surface area (Å²) in [6.07, 6.45) is 51.2. The molecule has 0 bridgehead atoms. The number of rotatable bonds is 50. The van der Waals surface area contributed by atoms with Gasteiger partial charge < -0.3 is 28.8 Å². The number of hydrogen-bond acceptors (Lipinski definition) is 6. The number of nitrogens with one attached hydrogen (secondary N) is 1. The van der Waals surface area contributed by atoms with E-state index in [-0.39, 0.29) is 19.1 Å². The summed E-state index contributed by atoms with van der Waals surface area (Å²) in [6.45, 7) is 4.76. The fourth-order valence-corrected chi connectivity index (χ4v) is 9.06. The van der Waals surface area contributed by atoms with E-state index in [1.807, 2.05) is 21.1 Å². The Kier molecular flexibility index (Phi) is 44.3. The molecule has 0 saturated heterocycles. The number of hydrogen-bond donors (Lipinski definition) is 2. The SMILES string of the molecule is CCCCCCCCCCCCCCCCCCCCCCCCCCCC(O)C(COP(=O)([O-])OCC[N+](C)(C)C)NC(=O)CCCCCCCCCCCCCCCC. The van der Waals surface area contributed by atoms with Crippen LogP contribution in [0.3, 0.4) is 0 Å². The van der Waals surface area contributed by atoms with Crippen molar-refractivity contribution in [2.24, 2.45) is 0 Å². The van der Waals surface area contributed by atoms with E-state index >= 15 is 0 Å². The van der Waals surface area contributed by atoms with Crippen LogP contribution in [-0.4, -0.2) is 68.5 Å². The van der Waals surface area contributed by atoms with E-state index in [2.05, 4.69) is 19.2 Å². The van der Waals surface area contributed by atoms with E-state index in [1.165, 1.54) is 212 Å².